The number of piperidine rings is 1. The number of aryl methyl sites for hydroxylation is 2. The smallest absolute Gasteiger partial charge is 0.261 e. The zero-order valence-electron chi connectivity index (χ0n) is 18.1. The third-order valence-electron chi connectivity index (χ3n) is 6.81. The molecule has 1 N–H and O–H groups in total. The molecule has 4 nitrogen and oxygen atoms in total. The van der Waals surface area contributed by atoms with E-state index in [1.165, 1.54) is 30.6 Å². The van der Waals surface area contributed by atoms with Crippen molar-refractivity contribution in [1.29, 1.82) is 0 Å². The number of rotatable bonds is 5. The first-order valence-corrected chi connectivity index (χ1v) is 12.0. The number of carbonyl (C=O) groups excluding carboxylic acids is 1. The summed E-state index contributed by atoms with van der Waals surface area (Å²) < 4.78 is 14.8. The SMILES string of the molecule is Cc1ccc2c(C)c(C(=O)NCCc3ccc(N4CC5CCC(C5)C4)c(F)c3)sc2n1. The van der Waals surface area contributed by atoms with E-state index in [4.69, 9.17) is 0 Å². The molecule has 3 heterocycles. The molecular weight excluding hydrogens is 409 g/mol. The highest BCUT2D eigenvalue weighted by Crippen LogP contribution is 2.38. The second kappa shape index (κ2) is 8.23. The third-order valence-corrected chi connectivity index (χ3v) is 8.01. The van der Waals surface area contributed by atoms with Crippen molar-refractivity contribution in [2.45, 2.75) is 39.5 Å². The molecule has 5 rings (SSSR count). The highest BCUT2D eigenvalue weighted by molar-refractivity contribution is 7.20. The van der Waals surface area contributed by atoms with Gasteiger partial charge in [0.15, 0.2) is 0 Å². The minimum atomic E-state index is -0.146. The number of halogens is 1. The number of anilines is 1. The van der Waals surface area contributed by atoms with Crippen LogP contribution in [-0.2, 0) is 6.42 Å². The van der Waals surface area contributed by atoms with Crippen molar-refractivity contribution in [1.82, 2.24) is 10.3 Å². The number of aromatic nitrogens is 1. The number of amides is 1. The first-order chi connectivity index (χ1) is 15.0. The molecule has 162 valence electrons. The second-order valence-electron chi connectivity index (χ2n) is 9.10. The monoisotopic (exact) mass is 437 g/mol. The highest BCUT2D eigenvalue weighted by atomic mass is 32.1. The van der Waals surface area contributed by atoms with E-state index in [-0.39, 0.29) is 11.7 Å². The lowest BCUT2D eigenvalue weighted by molar-refractivity contribution is 0.0957. The number of carbonyl (C=O) groups is 1. The maximum Gasteiger partial charge on any atom is 0.261 e. The molecule has 31 heavy (non-hydrogen) atoms. The normalized spacial score (nSPS) is 20.4. The van der Waals surface area contributed by atoms with Gasteiger partial charge in [0.2, 0.25) is 0 Å². The molecule has 2 aromatic heterocycles. The number of benzene rings is 1. The number of hydrogen-bond donors (Lipinski definition) is 1. The Bertz CT molecular complexity index is 1130. The zero-order chi connectivity index (χ0) is 21.5. The summed E-state index contributed by atoms with van der Waals surface area (Å²) in [5.41, 5.74) is 3.55. The average molecular weight is 438 g/mol. The number of hydrogen-bond acceptors (Lipinski definition) is 4. The molecule has 1 saturated heterocycles. The Balaban J connectivity index is 1.21. The largest absolute Gasteiger partial charge is 0.369 e. The van der Waals surface area contributed by atoms with Gasteiger partial charge in [-0.05, 0) is 86.8 Å². The van der Waals surface area contributed by atoms with Crippen molar-refractivity contribution in [3.63, 3.8) is 0 Å². The molecular formula is C25H28FN3OS. The fourth-order valence-corrected chi connectivity index (χ4v) is 6.32. The molecule has 1 aliphatic heterocycles. The topological polar surface area (TPSA) is 45.2 Å². The average Bonchev–Trinajstić information content (AvgIpc) is 3.26. The lowest BCUT2D eigenvalue weighted by Crippen LogP contribution is -2.36. The summed E-state index contributed by atoms with van der Waals surface area (Å²) in [4.78, 5) is 21.1. The molecule has 0 radical (unpaired) electrons. The Morgan fingerprint density at radius 1 is 1.19 bits per heavy atom. The van der Waals surface area contributed by atoms with E-state index in [2.05, 4.69) is 15.2 Å². The second-order valence-corrected chi connectivity index (χ2v) is 10.1. The van der Waals surface area contributed by atoms with Gasteiger partial charge in [-0.1, -0.05) is 6.07 Å². The summed E-state index contributed by atoms with van der Waals surface area (Å²) in [6, 6.07) is 9.55. The van der Waals surface area contributed by atoms with Crippen molar-refractivity contribution in [3.05, 3.63) is 57.8 Å². The van der Waals surface area contributed by atoms with Crippen LogP contribution in [0, 0.1) is 31.5 Å². The minimum absolute atomic E-state index is 0.0842. The van der Waals surface area contributed by atoms with Gasteiger partial charge < -0.3 is 10.2 Å². The maximum atomic E-state index is 14.8. The Morgan fingerprint density at radius 2 is 1.97 bits per heavy atom. The highest BCUT2D eigenvalue weighted by Gasteiger charge is 2.33. The van der Waals surface area contributed by atoms with Gasteiger partial charge in [-0.3, -0.25) is 4.79 Å². The third kappa shape index (κ3) is 4.05. The summed E-state index contributed by atoms with van der Waals surface area (Å²) in [7, 11) is 0. The Hall–Kier alpha value is -2.47. The number of fused-ring (bicyclic) bond motifs is 3. The summed E-state index contributed by atoms with van der Waals surface area (Å²) in [6.45, 7) is 6.35. The van der Waals surface area contributed by atoms with Gasteiger partial charge in [0.1, 0.15) is 10.6 Å². The van der Waals surface area contributed by atoms with Crippen LogP contribution < -0.4 is 10.2 Å². The van der Waals surface area contributed by atoms with Crippen LogP contribution in [-0.4, -0.2) is 30.5 Å². The van der Waals surface area contributed by atoms with E-state index in [1.54, 1.807) is 6.07 Å². The van der Waals surface area contributed by atoms with Crippen molar-refractivity contribution in [2.75, 3.05) is 24.5 Å². The van der Waals surface area contributed by atoms with Crippen molar-refractivity contribution in [2.24, 2.45) is 11.8 Å². The summed E-state index contributed by atoms with van der Waals surface area (Å²) in [5.74, 6) is 1.22. The molecule has 6 heteroatoms. The molecule has 3 aromatic rings. The molecule has 0 spiro atoms. The van der Waals surface area contributed by atoms with E-state index in [9.17, 15) is 9.18 Å². The number of nitrogens with one attached hydrogen (secondary N) is 1. The molecule has 2 fully saturated rings. The van der Waals surface area contributed by atoms with E-state index in [0.717, 1.165) is 57.7 Å². The Morgan fingerprint density at radius 3 is 2.71 bits per heavy atom. The molecule has 1 amide bonds. The number of thiophene rings is 1. The first kappa shape index (κ1) is 20.4. The lowest BCUT2D eigenvalue weighted by atomic mass is 9.98. The maximum absolute atomic E-state index is 14.8. The van der Waals surface area contributed by atoms with Gasteiger partial charge >= 0.3 is 0 Å². The van der Waals surface area contributed by atoms with Crippen LogP contribution in [0.25, 0.3) is 10.2 Å². The van der Waals surface area contributed by atoms with E-state index in [0.29, 0.717) is 17.8 Å². The summed E-state index contributed by atoms with van der Waals surface area (Å²) >= 11 is 1.43. The van der Waals surface area contributed by atoms with Gasteiger partial charge in [-0.25, -0.2) is 9.37 Å². The molecule has 2 aliphatic rings. The molecule has 2 atom stereocenters. The van der Waals surface area contributed by atoms with Gasteiger partial charge in [-0.15, -0.1) is 11.3 Å². The van der Waals surface area contributed by atoms with Gasteiger partial charge in [0, 0.05) is 30.7 Å². The van der Waals surface area contributed by atoms with Crippen molar-refractivity contribution >= 4 is 33.1 Å². The zero-order valence-corrected chi connectivity index (χ0v) is 18.9. The van der Waals surface area contributed by atoms with Crippen LogP contribution in [0.5, 0.6) is 0 Å². The van der Waals surface area contributed by atoms with Crippen LogP contribution in [0.3, 0.4) is 0 Å². The van der Waals surface area contributed by atoms with Crippen molar-refractivity contribution < 1.29 is 9.18 Å². The molecule has 2 unspecified atom stereocenters. The predicted octanol–water partition coefficient (Wildman–Crippen LogP) is 5.26. The lowest BCUT2D eigenvalue weighted by Gasteiger charge is -2.34. The Labute approximate surface area is 186 Å². The van der Waals surface area contributed by atoms with E-state index in [1.807, 2.05) is 38.1 Å². The predicted molar refractivity (Wildman–Crippen MR) is 125 cm³/mol. The van der Waals surface area contributed by atoms with Crippen LogP contribution in [0.2, 0.25) is 0 Å². The number of pyridine rings is 1. The van der Waals surface area contributed by atoms with Crippen LogP contribution in [0.4, 0.5) is 10.1 Å². The van der Waals surface area contributed by atoms with E-state index >= 15 is 0 Å². The quantitative estimate of drug-likeness (QED) is 0.592. The fourth-order valence-electron chi connectivity index (χ4n) is 5.18. The number of nitrogens with zero attached hydrogens (tertiary/aromatic N) is 2. The molecule has 2 bridgehead atoms. The Kier molecular flexibility index (Phi) is 5.42. The van der Waals surface area contributed by atoms with Crippen LogP contribution in [0.1, 0.15) is 45.8 Å². The van der Waals surface area contributed by atoms with Gasteiger partial charge in [0.05, 0.1) is 10.6 Å². The van der Waals surface area contributed by atoms with Gasteiger partial charge in [-0.2, -0.15) is 0 Å². The molecule has 1 aromatic carbocycles. The summed E-state index contributed by atoms with van der Waals surface area (Å²) in [5, 5.41) is 4.02. The van der Waals surface area contributed by atoms with Crippen LogP contribution in [0.15, 0.2) is 30.3 Å². The molecule has 1 saturated carbocycles. The molecule has 1 aliphatic carbocycles. The van der Waals surface area contributed by atoms with Crippen LogP contribution >= 0.6 is 11.3 Å². The fraction of sp³-hybridized carbons (Fsp3) is 0.440. The standard InChI is InChI=1S/C25H28FN3OS/c1-15-3-7-20-16(2)23(31-25(20)28-15)24(30)27-10-9-17-6-8-22(21(26)12-17)29-13-18-4-5-19(11-18)14-29/h3,6-8,12,18-19H,4-5,9-11,13-14H2,1-2H3,(H,27,30). The van der Waals surface area contributed by atoms with Gasteiger partial charge in [0.25, 0.3) is 5.91 Å². The summed E-state index contributed by atoms with van der Waals surface area (Å²) in [6.07, 6.45) is 4.49. The minimum Gasteiger partial charge on any atom is -0.369 e. The first-order valence-electron chi connectivity index (χ1n) is 11.2. The van der Waals surface area contributed by atoms with E-state index < -0.39 is 0 Å². The van der Waals surface area contributed by atoms with Crippen molar-refractivity contribution in [3.8, 4) is 0 Å².